The van der Waals surface area contributed by atoms with E-state index in [-0.39, 0.29) is 11.3 Å². The van der Waals surface area contributed by atoms with Crippen molar-refractivity contribution >= 4 is 22.5 Å². The number of ether oxygens (including phenoxy) is 2. The molecular formula is C31H42N2O3. The molecular weight excluding hydrogens is 448 g/mol. The van der Waals surface area contributed by atoms with Crippen molar-refractivity contribution in [2.24, 2.45) is 5.41 Å². The van der Waals surface area contributed by atoms with E-state index in [1.807, 2.05) is 24.3 Å². The Morgan fingerprint density at radius 3 is 2.33 bits per heavy atom. The van der Waals surface area contributed by atoms with Crippen molar-refractivity contribution in [2.45, 2.75) is 72.1 Å². The standard InChI is InChI=1S/C17H22N2O2.C14H20O/c1-17(2,3)11-15(20)19(4)16-14-7-6-13(21-5)10-12(14)8-9-18-16;1-11-10-13(8-9-14(11)15-2)12-6-4-3-5-7-12/h6-10H,11H2,1-5H3;8-10,12H,3-7H2,1-2H3. The smallest absolute Gasteiger partial charge is 0.228 e. The number of aryl methyl sites for hydroxylation is 1. The van der Waals surface area contributed by atoms with Crippen molar-refractivity contribution in [2.75, 3.05) is 26.2 Å². The molecule has 0 atom stereocenters. The first-order valence-corrected chi connectivity index (χ1v) is 13.0. The van der Waals surface area contributed by atoms with Gasteiger partial charge in [-0.3, -0.25) is 9.69 Å². The number of methoxy groups -OCH3 is 2. The summed E-state index contributed by atoms with van der Waals surface area (Å²) >= 11 is 0. The van der Waals surface area contributed by atoms with Gasteiger partial charge in [-0.1, -0.05) is 52.2 Å². The highest BCUT2D eigenvalue weighted by Gasteiger charge is 2.21. The number of carbonyl (C=O) groups is 1. The van der Waals surface area contributed by atoms with Gasteiger partial charge in [0.25, 0.3) is 0 Å². The fraction of sp³-hybridized carbons (Fsp3) is 0.484. The molecule has 0 spiro atoms. The normalized spacial score (nSPS) is 14.1. The molecule has 0 unspecified atom stereocenters. The van der Waals surface area contributed by atoms with E-state index in [4.69, 9.17) is 9.47 Å². The minimum Gasteiger partial charge on any atom is -0.497 e. The second-order valence-corrected chi connectivity index (χ2v) is 11.0. The molecule has 36 heavy (non-hydrogen) atoms. The summed E-state index contributed by atoms with van der Waals surface area (Å²) in [7, 11) is 5.16. The van der Waals surface area contributed by atoms with E-state index < -0.39 is 0 Å². The molecule has 3 aromatic rings. The summed E-state index contributed by atoms with van der Waals surface area (Å²) < 4.78 is 10.5. The van der Waals surface area contributed by atoms with E-state index in [1.54, 1.807) is 32.4 Å². The van der Waals surface area contributed by atoms with Crippen molar-refractivity contribution in [1.82, 2.24) is 4.98 Å². The molecule has 0 bridgehead atoms. The van der Waals surface area contributed by atoms with Crippen LogP contribution in [0.5, 0.6) is 11.5 Å². The Balaban J connectivity index is 0.000000212. The second-order valence-electron chi connectivity index (χ2n) is 11.0. The summed E-state index contributed by atoms with van der Waals surface area (Å²) in [6, 6.07) is 14.3. The SMILES string of the molecule is COc1ccc(C2CCCCC2)cc1C.COc1ccc2c(N(C)C(=O)CC(C)(C)C)nccc2c1. The van der Waals surface area contributed by atoms with Gasteiger partial charge < -0.3 is 9.47 Å². The lowest BCUT2D eigenvalue weighted by atomic mass is 9.83. The van der Waals surface area contributed by atoms with Crippen LogP contribution in [0.4, 0.5) is 5.82 Å². The van der Waals surface area contributed by atoms with Gasteiger partial charge in [0.2, 0.25) is 5.91 Å². The number of nitrogens with zero attached hydrogens (tertiary/aromatic N) is 2. The van der Waals surface area contributed by atoms with Gasteiger partial charge in [-0.25, -0.2) is 4.98 Å². The predicted molar refractivity (Wildman–Crippen MR) is 149 cm³/mol. The van der Waals surface area contributed by atoms with Gasteiger partial charge in [0.15, 0.2) is 0 Å². The fourth-order valence-electron chi connectivity index (χ4n) is 4.82. The summed E-state index contributed by atoms with van der Waals surface area (Å²) in [5.41, 5.74) is 2.73. The van der Waals surface area contributed by atoms with E-state index >= 15 is 0 Å². The molecule has 0 N–H and O–H groups in total. The van der Waals surface area contributed by atoms with Crippen LogP contribution >= 0.6 is 0 Å². The summed E-state index contributed by atoms with van der Waals surface area (Å²) in [5.74, 6) is 3.35. The van der Waals surface area contributed by atoms with Crippen LogP contribution in [-0.2, 0) is 4.79 Å². The minimum atomic E-state index is -0.0425. The third kappa shape index (κ3) is 7.22. The second kappa shape index (κ2) is 12.2. The number of hydrogen-bond acceptors (Lipinski definition) is 4. The summed E-state index contributed by atoms with van der Waals surface area (Å²) in [5, 5.41) is 1.96. The third-order valence-electron chi connectivity index (χ3n) is 6.82. The third-order valence-corrected chi connectivity index (χ3v) is 6.82. The Morgan fingerprint density at radius 2 is 1.72 bits per heavy atom. The molecule has 5 nitrogen and oxygen atoms in total. The number of hydrogen-bond donors (Lipinski definition) is 0. The largest absolute Gasteiger partial charge is 0.497 e. The van der Waals surface area contributed by atoms with Crippen molar-refractivity contribution in [3.05, 3.63) is 59.8 Å². The maximum absolute atomic E-state index is 12.4. The van der Waals surface area contributed by atoms with Crippen LogP contribution in [0, 0.1) is 12.3 Å². The molecule has 0 saturated heterocycles. The van der Waals surface area contributed by atoms with Gasteiger partial charge in [0.1, 0.15) is 17.3 Å². The van der Waals surface area contributed by atoms with Gasteiger partial charge in [0.05, 0.1) is 14.2 Å². The Bertz CT molecular complexity index is 1160. The molecule has 1 saturated carbocycles. The Morgan fingerprint density at radius 1 is 1.00 bits per heavy atom. The van der Waals surface area contributed by atoms with Crippen molar-refractivity contribution < 1.29 is 14.3 Å². The van der Waals surface area contributed by atoms with Crippen LogP contribution in [0.2, 0.25) is 0 Å². The molecule has 2 aromatic carbocycles. The number of carbonyl (C=O) groups excluding carboxylic acids is 1. The first kappa shape index (κ1) is 27.5. The van der Waals surface area contributed by atoms with E-state index in [0.717, 1.165) is 28.2 Å². The van der Waals surface area contributed by atoms with E-state index in [2.05, 4.69) is 50.9 Å². The molecule has 4 rings (SSSR count). The predicted octanol–water partition coefficient (Wildman–Crippen LogP) is 7.69. The maximum Gasteiger partial charge on any atom is 0.228 e. The van der Waals surface area contributed by atoms with E-state index in [1.165, 1.54) is 43.2 Å². The number of benzene rings is 2. The lowest BCUT2D eigenvalue weighted by molar-refractivity contribution is -0.120. The molecule has 1 aromatic heterocycles. The average Bonchev–Trinajstić information content (AvgIpc) is 2.87. The van der Waals surface area contributed by atoms with E-state index in [0.29, 0.717) is 12.2 Å². The quantitative estimate of drug-likeness (QED) is 0.368. The Kier molecular flexibility index (Phi) is 9.36. The van der Waals surface area contributed by atoms with Crippen LogP contribution in [0.3, 0.4) is 0 Å². The van der Waals surface area contributed by atoms with Crippen LogP contribution in [0.25, 0.3) is 10.8 Å². The van der Waals surface area contributed by atoms with Gasteiger partial charge in [-0.05, 0) is 77.9 Å². The van der Waals surface area contributed by atoms with Crippen LogP contribution < -0.4 is 14.4 Å². The number of anilines is 1. The van der Waals surface area contributed by atoms with Gasteiger partial charge in [-0.15, -0.1) is 0 Å². The van der Waals surface area contributed by atoms with Crippen molar-refractivity contribution in [3.63, 3.8) is 0 Å². The first-order valence-electron chi connectivity index (χ1n) is 13.0. The first-order chi connectivity index (χ1) is 17.1. The zero-order valence-electron chi connectivity index (χ0n) is 23.1. The molecule has 0 radical (unpaired) electrons. The number of fused-ring (bicyclic) bond motifs is 1. The lowest BCUT2D eigenvalue weighted by Crippen LogP contribution is -2.30. The average molecular weight is 491 g/mol. The van der Waals surface area contributed by atoms with Crippen molar-refractivity contribution in [1.29, 1.82) is 0 Å². The minimum absolute atomic E-state index is 0.0425. The van der Waals surface area contributed by atoms with Gasteiger partial charge in [-0.2, -0.15) is 0 Å². The van der Waals surface area contributed by atoms with E-state index in [9.17, 15) is 4.79 Å². The summed E-state index contributed by atoms with van der Waals surface area (Å²) in [4.78, 5) is 18.4. The molecule has 1 amide bonds. The summed E-state index contributed by atoms with van der Waals surface area (Å²) in [6.45, 7) is 8.30. The zero-order chi connectivity index (χ0) is 26.3. The highest BCUT2D eigenvalue weighted by molar-refractivity contribution is 6.02. The van der Waals surface area contributed by atoms with Crippen molar-refractivity contribution in [3.8, 4) is 11.5 Å². The molecule has 1 aliphatic rings. The van der Waals surface area contributed by atoms with Crippen LogP contribution in [0.15, 0.2) is 48.7 Å². The highest BCUT2D eigenvalue weighted by Crippen LogP contribution is 2.34. The molecule has 0 aliphatic heterocycles. The lowest BCUT2D eigenvalue weighted by Gasteiger charge is -2.23. The highest BCUT2D eigenvalue weighted by atomic mass is 16.5. The number of aromatic nitrogens is 1. The topological polar surface area (TPSA) is 51.7 Å². The monoisotopic (exact) mass is 490 g/mol. The molecule has 5 heteroatoms. The molecule has 1 fully saturated rings. The Labute approximate surface area is 216 Å². The zero-order valence-corrected chi connectivity index (χ0v) is 23.1. The Hall–Kier alpha value is -3.08. The summed E-state index contributed by atoms with van der Waals surface area (Å²) in [6.07, 6.45) is 9.16. The number of rotatable bonds is 5. The molecule has 194 valence electrons. The van der Waals surface area contributed by atoms with Crippen LogP contribution in [0.1, 0.15) is 76.3 Å². The molecule has 1 aliphatic carbocycles. The maximum atomic E-state index is 12.4. The fourth-order valence-corrected chi connectivity index (χ4v) is 4.82. The number of amides is 1. The number of pyridine rings is 1. The van der Waals surface area contributed by atoms with Gasteiger partial charge >= 0.3 is 0 Å². The molecule has 1 heterocycles. The van der Waals surface area contributed by atoms with Crippen LogP contribution in [-0.4, -0.2) is 32.2 Å². The van der Waals surface area contributed by atoms with Gasteiger partial charge in [0, 0.05) is 25.1 Å².